The van der Waals surface area contributed by atoms with Crippen LogP contribution in [0.25, 0.3) is 55.4 Å². The maximum absolute atomic E-state index is 8.31. The molecule has 6 rings (SSSR count). The molecule has 0 amide bonds. The highest BCUT2D eigenvalue weighted by atomic mass is 16.3. The van der Waals surface area contributed by atoms with Gasteiger partial charge in [0.15, 0.2) is 0 Å². The van der Waals surface area contributed by atoms with Gasteiger partial charge in [-0.15, -0.1) is 0 Å². The molecule has 0 aliphatic heterocycles. The fourth-order valence-corrected chi connectivity index (χ4v) is 4.08. The van der Waals surface area contributed by atoms with Gasteiger partial charge in [-0.05, 0) is 79.2 Å². The zero-order chi connectivity index (χ0) is 29.3. The number of hydrogen-bond acceptors (Lipinski definition) is 4. The number of fused-ring (bicyclic) bond motifs is 4. The van der Waals surface area contributed by atoms with E-state index in [1.165, 1.54) is 12.3 Å². The normalized spacial score (nSPS) is 16.9. The second-order valence-corrected chi connectivity index (χ2v) is 7.51. The molecule has 4 heterocycles. The average Bonchev–Trinajstić information content (AvgIpc) is 3.28. The Morgan fingerprint density at radius 2 is 1.75 bits per heavy atom. The number of hydrogen-bond donors (Lipinski definition) is 0. The van der Waals surface area contributed by atoms with Gasteiger partial charge in [-0.3, -0.25) is 9.97 Å². The second-order valence-electron chi connectivity index (χ2n) is 7.51. The predicted molar refractivity (Wildman–Crippen MR) is 130 cm³/mol. The first-order valence-electron chi connectivity index (χ1n) is 14.5. The van der Waals surface area contributed by atoms with Crippen LogP contribution in [0.3, 0.4) is 0 Å². The van der Waals surface area contributed by atoms with Gasteiger partial charge >= 0.3 is 0 Å². The highest BCUT2D eigenvalue weighted by Crippen LogP contribution is 2.37. The van der Waals surface area contributed by atoms with Crippen molar-refractivity contribution in [3.05, 3.63) is 89.9 Å². The van der Waals surface area contributed by atoms with E-state index in [1.54, 1.807) is 54.7 Å². The quantitative estimate of drug-likeness (QED) is 0.295. The number of aryl methyl sites for hydroxylation is 3. The molecule has 0 saturated carbocycles. The van der Waals surface area contributed by atoms with E-state index in [1.807, 2.05) is 6.07 Å². The summed E-state index contributed by atoms with van der Waals surface area (Å²) in [7, 11) is 0. The molecule has 154 valence electrons. The van der Waals surface area contributed by atoms with E-state index < -0.39 is 20.6 Å². The molecule has 4 nitrogen and oxygen atoms in total. The fourth-order valence-electron chi connectivity index (χ4n) is 4.08. The van der Waals surface area contributed by atoms with Gasteiger partial charge in [0.05, 0.1) is 11.2 Å². The minimum absolute atomic E-state index is 0.00547. The molecule has 32 heavy (non-hydrogen) atoms. The van der Waals surface area contributed by atoms with Crippen molar-refractivity contribution < 1.29 is 16.8 Å². The van der Waals surface area contributed by atoms with Crippen LogP contribution in [0.1, 0.15) is 29.2 Å². The summed E-state index contributed by atoms with van der Waals surface area (Å²) in [6.45, 7) is -7.57. The van der Waals surface area contributed by atoms with Crippen LogP contribution in [0.15, 0.2) is 77.5 Å². The lowest BCUT2D eigenvalue weighted by molar-refractivity contribution is 0.653. The van der Waals surface area contributed by atoms with Crippen molar-refractivity contribution in [1.82, 2.24) is 15.0 Å². The highest BCUT2D eigenvalue weighted by molar-refractivity contribution is 6.08. The van der Waals surface area contributed by atoms with E-state index in [0.29, 0.717) is 38.5 Å². The summed E-state index contributed by atoms with van der Waals surface area (Å²) >= 11 is 0. The van der Waals surface area contributed by atoms with Crippen LogP contribution in [0.4, 0.5) is 0 Å². The van der Waals surface area contributed by atoms with Crippen molar-refractivity contribution in [2.24, 2.45) is 0 Å². The molecule has 0 aliphatic carbocycles. The summed E-state index contributed by atoms with van der Waals surface area (Å²) in [5.74, 6) is 0. The summed E-state index contributed by atoms with van der Waals surface area (Å²) in [5.41, 5.74) is 2.08. The van der Waals surface area contributed by atoms with E-state index >= 15 is 0 Å². The van der Waals surface area contributed by atoms with Crippen LogP contribution >= 0.6 is 0 Å². The van der Waals surface area contributed by atoms with Crippen LogP contribution < -0.4 is 0 Å². The molecule has 0 spiro atoms. The van der Waals surface area contributed by atoms with Crippen LogP contribution in [0.2, 0.25) is 0 Å². The fraction of sp³-hybridized carbons (Fsp3) is 0.107. The van der Waals surface area contributed by atoms with Gasteiger partial charge in [-0.25, -0.2) is 4.98 Å². The van der Waals surface area contributed by atoms with Gasteiger partial charge in [0.2, 0.25) is 5.71 Å². The van der Waals surface area contributed by atoms with Crippen molar-refractivity contribution in [2.45, 2.75) is 20.6 Å². The van der Waals surface area contributed by atoms with E-state index in [-0.39, 0.29) is 33.7 Å². The average molecular weight is 425 g/mol. The van der Waals surface area contributed by atoms with Gasteiger partial charge in [0.1, 0.15) is 5.58 Å². The van der Waals surface area contributed by atoms with Gasteiger partial charge in [0.25, 0.3) is 0 Å². The third kappa shape index (κ3) is 2.80. The molecule has 4 aromatic heterocycles. The molecule has 2 aromatic carbocycles. The SMILES string of the molecule is [2H]C([2H])([2H])c1ccc2c(n1)oc1c(-c3cc(-c4ccc5ncccc5c4C([2H])([2H])[2H])c(C([2H])([2H])[2H])cn3)cccc12. The van der Waals surface area contributed by atoms with E-state index in [4.69, 9.17) is 16.8 Å². The number of nitrogens with zero attached hydrogens (tertiary/aromatic N) is 3. The summed E-state index contributed by atoms with van der Waals surface area (Å²) in [5, 5.41) is 1.68. The third-order valence-electron chi connectivity index (χ3n) is 5.62. The Balaban J connectivity index is 1.63. The minimum Gasteiger partial charge on any atom is -0.437 e. The third-order valence-corrected chi connectivity index (χ3v) is 5.62. The van der Waals surface area contributed by atoms with Crippen LogP contribution in [0.5, 0.6) is 0 Å². The molecule has 0 unspecified atom stereocenters. The first-order valence-corrected chi connectivity index (χ1v) is 9.96. The Morgan fingerprint density at radius 1 is 0.781 bits per heavy atom. The van der Waals surface area contributed by atoms with Crippen LogP contribution in [0, 0.1) is 20.6 Å². The van der Waals surface area contributed by atoms with Crippen LogP contribution in [-0.4, -0.2) is 15.0 Å². The number of pyridine rings is 3. The number of aromatic nitrogens is 3. The number of furan rings is 1. The molecule has 0 N–H and O–H groups in total. The number of benzene rings is 2. The smallest absolute Gasteiger partial charge is 0.227 e. The van der Waals surface area contributed by atoms with E-state index in [2.05, 4.69) is 15.0 Å². The molecule has 0 atom stereocenters. The molecule has 6 aromatic rings. The lowest BCUT2D eigenvalue weighted by atomic mass is 9.93. The first kappa shape index (κ1) is 11.5. The molecule has 0 aliphatic rings. The second kappa shape index (κ2) is 6.99. The Bertz CT molecular complexity index is 1970. The summed E-state index contributed by atoms with van der Waals surface area (Å²) < 4.78 is 78.5. The van der Waals surface area contributed by atoms with Gasteiger partial charge in [-0.1, -0.05) is 24.3 Å². The molecular formula is C28H21N3O. The summed E-state index contributed by atoms with van der Waals surface area (Å²) in [6.07, 6.45) is 2.80. The molecule has 0 bridgehead atoms. The summed E-state index contributed by atoms with van der Waals surface area (Å²) in [6, 6.07) is 16.5. The van der Waals surface area contributed by atoms with Crippen LogP contribution in [-0.2, 0) is 0 Å². The highest BCUT2D eigenvalue weighted by Gasteiger charge is 2.16. The Labute approximate surface area is 198 Å². The molecule has 4 heteroatoms. The lowest BCUT2D eigenvalue weighted by Crippen LogP contribution is -1.93. The molecular weight excluding hydrogens is 394 g/mol. The maximum Gasteiger partial charge on any atom is 0.227 e. The summed E-state index contributed by atoms with van der Waals surface area (Å²) in [4.78, 5) is 12.9. The van der Waals surface area contributed by atoms with Crippen molar-refractivity contribution in [3.63, 3.8) is 0 Å². The van der Waals surface area contributed by atoms with Gasteiger partial charge < -0.3 is 4.42 Å². The molecule has 0 saturated heterocycles. The Kier molecular flexibility index (Phi) is 2.52. The molecule has 0 fully saturated rings. The Hall–Kier alpha value is -4.05. The predicted octanol–water partition coefficient (Wildman–Crippen LogP) is 7.18. The van der Waals surface area contributed by atoms with Crippen molar-refractivity contribution in [2.75, 3.05) is 0 Å². The number of para-hydroxylation sites is 1. The minimum atomic E-state index is -2.59. The van der Waals surface area contributed by atoms with Crippen molar-refractivity contribution >= 4 is 33.0 Å². The zero-order valence-electron chi connectivity index (χ0n) is 25.7. The maximum atomic E-state index is 8.31. The molecule has 0 radical (unpaired) electrons. The van der Waals surface area contributed by atoms with Gasteiger partial charge in [0, 0.05) is 52.1 Å². The Morgan fingerprint density at radius 3 is 2.66 bits per heavy atom. The van der Waals surface area contributed by atoms with E-state index in [0.717, 1.165) is 0 Å². The zero-order valence-corrected chi connectivity index (χ0v) is 16.7. The topological polar surface area (TPSA) is 51.8 Å². The number of rotatable bonds is 2. The standard InChI is InChI=1S/C28H21N3O/c1-16-15-30-26(14-24(16)19-11-12-25-20(18(19)3)8-5-13-29-25)23-7-4-6-21-22-10-9-17(2)31-28(22)32-27(21)23/h4-15H,1-3H3/i1D3,2D3,3D3. The van der Waals surface area contributed by atoms with Crippen molar-refractivity contribution in [3.8, 4) is 22.4 Å². The van der Waals surface area contributed by atoms with Gasteiger partial charge in [-0.2, -0.15) is 0 Å². The van der Waals surface area contributed by atoms with Crippen molar-refractivity contribution in [1.29, 1.82) is 0 Å². The van der Waals surface area contributed by atoms with E-state index in [9.17, 15) is 0 Å². The lowest BCUT2D eigenvalue weighted by Gasteiger charge is -2.13. The first-order chi connectivity index (χ1) is 19.2. The largest absolute Gasteiger partial charge is 0.437 e. The monoisotopic (exact) mass is 424 g/mol.